The third-order valence-corrected chi connectivity index (χ3v) is 2.14. The molecule has 0 fully saturated rings. The molecule has 1 rings (SSSR count). The number of carbonyl (C=O) groups is 1. The van der Waals surface area contributed by atoms with E-state index in [0.29, 0.717) is 5.56 Å². The van der Waals surface area contributed by atoms with E-state index in [1.165, 1.54) is 24.3 Å². The summed E-state index contributed by atoms with van der Waals surface area (Å²) in [7, 11) is 0. The molecule has 8 heteroatoms. The van der Waals surface area contributed by atoms with Crippen LogP contribution in [0, 0.1) is 5.82 Å². The highest BCUT2D eigenvalue weighted by molar-refractivity contribution is 7.80. The number of hydrogen-bond acceptors (Lipinski definition) is 3. The van der Waals surface area contributed by atoms with Gasteiger partial charge in [0.1, 0.15) is 5.82 Å². The molecule has 0 aliphatic heterocycles. The van der Waals surface area contributed by atoms with Crippen LogP contribution in [0.25, 0.3) is 6.08 Å². The summed E-state index contributed by atoms with van der Waals surface area (Å²) < 4.78 is 12.7. The second kappa shape index (κ2) is 7.39. The van der Waals surface area contributed by atoms with Gasteiger partial charge in [0.15, 0.2) is 10.2 Å². The van der Waals surface area contributed by atoms with Crippen LogP contribution in [0.5, 0.6) is 0 Å². The van der Waals surface area contributed by atoms with Crippen LogP contribution in [0.4, 0.5) is 4.39 Å². The molecule has 0 bridgehead atoms. The van der Waals surface area contributed by atoms with Crippen molar-refractivity contribution in [1.29, 1.82) is 0 Å². The van der Waals surface area contributed by atoms with Crippen LogP contribution in [-0.4, -0.2) is 16.1 Å². The second-order valence-electron chi connectivity index (χ2n) is 3.32. The van der Waals surface area contributed by atoms with Crippen molar-refractivity contribution >= 4 is 46.6 Å². The first-order valence-corrected chi connectivity index (χ1v) is 5.89. The van der Waals surface area contributed by atoms with Crippen molar-refractivity contribution in [2.24, 2.45) is 5.73 Å². The van der Waals surface area contributed by atoms with E-state index in [-0.39, 0.29) is 16.0 Å². The Morgan fingerprint density at radius 3 is 2.42 bits per heavy atom. The Bertz CT molecular complexity index is 516. The maximum absolute atomic E-state index is 12.7. The van der Waals surface area contributed by atoms with Gasteiger partial charge in [0, 0.05) is 6.08 Å². The summed E-state index contributed by atoms with van der Waals surface area (Å²) in [5, 5.41) is 2.39. The minimum absolute atomic E-state index is 0.00143. The van der Waals surface area contributed by atoms with E-state index < -0.39 is 5.91 Å². The number of thiocarbonyl (C=S) groups is 2. The summed E-state index contributed by atoms with van der Waals surface area (Å²) in [5.74, 6) is -0.776. The largest absolute Gasteiger partial charge is 0.375 e. The van der Waals surface area contributed by atoms with Crippen LogP contribution in [0.15, 0.2) is 30.3 Å². The van der Waals surface area contributed by atoms with Gasteiger partial charge in [0.25, 0.3) is 0 Å². The molecule has 19 heavy (non-hydrogen) atoms. The Morgan fingerprint density at radius 1 is 1.21 bits per heavy atom. The summed E-state index contributed by atoms with van der Waals surface area (Å²) in [6, 6.07) is 5.69. The van der Waals surface area contributed by atoms with Gasteiger partial charge in [-0.15, -0.1) is 0 Å². The van der Waals surface area contributed by atoms with Crippen molar-refractivity contribution in [3.05, 3.63) is 41.7 Å². The van der Waals surface area contributed by atoms with Crippen LogP contribution in [-0.2, 0) is 4.79 Å². The monoisotopic (exact) mass is 298 g/mol. The zero-order valence-corrected chi connectivity index (χ0v) is 11.3. The number of amides is 1. The molecule has 0 aliphatic rings. The van der Waals surface area contributed by atoms with Crippen molar-refractivity contribution < 1.29 is 9.18 Å². The summed E-state index contributed by atoms with van der Waals surface area (Å²) in [4.78, 5) is 11.4. The van der Waals surface area contributed by atoms with Gasteiger partial charge in [0.2, 0.25) is 5.91 Å². The Kier molecular flexibility index (Phi) is 5.83. The fraction of sp³-hybridized carbons (Fsp3) is 0. The zero-order valence-electron chi connectivity index (χ0n) is 9.64. The van der Waals surface area contributed by atoms with Crippen LogP contribution in [0.1, 0.15) is 5.56 Å². The molecule has 1 amide bonds. The van der Waals surface area contributed by atoms with E-state index in [1.54, 1.807) is 12.1 Å². The highest BCUT2D eigenvalue weighted by Crippen LogP contribution is 2.04. The molecule has 0 heterocycles. The first-order valence-electron chi connectivity index (χ1n) is 5.07. The number of hydrazine groups is 1. The number of benzene rings is 1. The van der Waals surface area contributed by atoms with Crippen molar-refractivity contribution in [2.45, 2.75) is 0 Å². The maximum Gasteiger partial charge on any atom is 0.250 e. The molecule has 0 saturated heterocycles. The average Bonchev–Trinajstić information content (AvgIpc) is 2.36. The van der Waals surface area contributed by atoms with Crippen molar-refractivity contribution in [1.82, 2.24) is 16.2 Å². The molecule has 1 aromatic carbocycles. The lowest BCUT2D eigenvalue weighted by Gasteiger charge is -2.08. The summed E-state index contributed by atoms with van der Waals surface area (Å²) >= 11 is 9.33. The van der Waals surface area contributed by atoms with Crippen molar-refractivity contribution in [3.63, 3.8) is 0 Å². The number of hydrogen-bond donors (Lipinski definition) is 4. The summed E-state index contributed by atoms with van der Waals surface area (Å²) in [5.41, 5.74) is 10.6. The molecule has 0 spiro atoms. The van der Waals surface area contributed by atoms with Crippen molar-refractivity contribution in [2.75, 3.05) is 0 Å². The van der Waals surface area contributed by atoms with E-state index in [9.17, 15) is 9.18 Å². The first kappa shape index (κ1) is 15.0. The molecule has 0 aliphatic carbocycles. The molecular weight excluding hydrogens is 287 g/mol. The van der Waals surface area contributed by atoms with Crippen LogP contribution in [0.2, 0.25) is 0 Å². The molecule has 5 nitrogen and oxygen atoms in total. The third-order valence-electron chi connectivity index (χ3n) is 1.83. The Morgan fingerprint density at radius 2 is 1.84 bits per heavy atom. The number of carbonyl (C=O) groups excluding carboxylic acids is 1. The van der Waals surface area contributed by atoms with Gasteiger partial charge in [-0.1, -0.05) is 12.1 Å². The van der Waals surface area contributed by atoms with E-state index in [4.69, 9.17) is 18.0 Å². The Labute approximate surface area is 120 Å². The minimum atomic E-state index is -0.438. The lowest BCUT2D eigenvalue weighted by Crippen LogP contribution is -2.49. The van der Waals surface area contributed by atoms with E-state index in [0.717, 1.165) is 0 Å². The number of nitrogens with one attached hydrogen (secondary N) is 3. The summed E-state index contributed by atoms with van der Waals surface area (Å²) in [6.07, 6.45) is 2.79. The molecule has 0 saturated carbocycles. The van der Waals surface area contributed by atoms with Gasteiger partial charge in [-0.3, -0.25) is 21.0 Å². The lowest BCUT2D eigenvalue weighted by atomic mass is 10.2. The number of rotatable bonds is 2. The first-order chi connectivity index (χ1) is 8.97. The highest BCUT2D eigenvalue weighted by Gasteiger charge is 2.00. The van der Waals surface area contributed by atoms with Gasteiger partial charge in [-0.05, 0) is 48.2 Å². The molecule has 5 N–H and O–H groups in total. The number of nitrogens with two attached hydrogens (primary N) is 1. The van der Waals surface area contributed by atoms with Gasteiger partial charge in [-0.2, -0.15) is 0 Å². The zero-order chi connectivity index (χ0) is 14.3. The van der Waals surface area contributed by atoms with E-state index >= 15 is 0 Å². The molecular formula is C11H11FN4OS2. The SMILES string of the molecule is NC(=S)NNC(=S)NC(=O)C=Cc1ccc(F)cc1. The molecule has 100 valence electrons. The maximum atomic E-state index is 12.7. The predicted molar refractivity (Wildman–Crippen MR) is 79.2 cm³/mol. The molecule has 0 radical (unpaired) electrons. The van der Waals surface area contributed by atoms with Gasteiger partial charge in [-0.25, -0.2) is 4.39 Å². The van der Waals surface area contributed by atoms with E-state index in [1.807, 2.05) is 0 Å². The average molecular weight is 298 g/mol. The smallest absolute Gasteiger partial charge is 0.250 e. The van der Waals surface area contributed by atoms with Gasteiger partial charge in [0.05, 0.1) is 0 Å². The molecule has 0 unspecified atom stereocenters. The lowest BCUT2D eigenvalue weighted by molar-refractivity contribution is -0.115. The Balaban J connectivity index is 2.44. The molecule has 0 atom stereocenters. The van der Waals surface area contributed by atoms with Crippen LogP contribution >= 0.6 is 24.4 Å². The quantitative estimate of drug-likeness (QED) is 0.363. The van der Waals surface area contributed by atoms with E-state index in [2.05, 4.69) is 28.4 Å². The van der Waals surface area contributed by atoms with Crippen LogP contribution in [0.3, 0.4) is 0 Å². The fourth-order valence-electron chi connectivity index (χ4n) is 1.05. The topological polar surface area (TPSA) is 79.2 Å². The highest BCUT2D eigenvalue weighted by atomic mass is 32.1. The normalized spacial score (nSPS) is 9.95. The van der Waals surface area contributed by atoms with Crippen molar-refractivity contribution in [3.8, 4) is 0 Å². The predicted octanol–water partition coefficient (Wildman–Crippen LogP) is 0.578. The minimum Gasteiger partial charge on any atom is -0.375 e. The molecule has 0 aromatic heterocycles. The fourth-order valence-corrected chi connectivity index (χ4v) is 1.25. The second-order valence-corrected chi connectivity index (χ2v) is 4.17. The van der Waals surface area contributed by atoms with Gasteiger partial charge < -0.3 is 5.73 Å². The standard InChI is InChI=1S/C11H11FN4OS2/c12-8-4-1-7(2-5-8)3-6-9(17)14-11(19)16-15-10(13)18/h1-6H,(H3,13,15,18)(H2,14,16,17,19). The Hall–Kier alpha value is -2.06. The van der Waals surface area contributed by atoms with Gasteiger partial charge >= 0.3 is 0 Å². The summed E-state index contributed by atoms with van der Waals surface area (Å²) in [6.45, 7) is 0. The number of halogens is 1. The third kappa shape index (κ3) is 6.43. The van der Waals surface area contributed by atoms with Crippen LogP contribution < -0.4 is 21.9 Å². The molecule has 1 aromatic rings.